The average molecular weight is 555 g/mol. The van der Waals surface area contributed by atoms with Gasteiger partial charge >= 0.3 is 6.18 Å². The zero-order chi connectivity index (χ0) is 29.0. The van der Waals surface area contributed by atoms with E-state index in [9.17, 15) is 13.2 Å². The molecule has 4 aromatic carbocycles. The molecule has 0 bridgehead atoms. The minimum absolute atomic E-state index is 0.172. The number of fused-ring (bicyclic) bond motifs is 1. The first-order valence-corrected chi connectivity index (χ1v) is 13.6. The SMILES string of the molecule is COc1ncc(-c2ccccc2)cc1C(c1cccc(C(F)(F)F)c1)C(CCN(C)C)c1cccc2ccccc12. The minimum Gasteiger partial charge on any atom is -0.481 e. The Morgan fingerprint density at radius 3 is 2.22 bits per heavy atom. The van der Waals surface area contributed by atoms with Crippen molar-refractivity contribution in [1.29, 1.82) is 0 Å². The maximum atomic E-state index is 14.0. The lowest BCUT2D eigenvalue weighted by Gasteiger charge is -2.32. The van der Waals surface area contributed by atoms with Crippen molar-refractivity contribution >= 4 is 10.8 Å². The van der Waals surface area contributed by atoms with Gasteiger partial charge < -0.3 is 9.64 Å². The van der Waals surface area contributed by atoms with Crippen LogP contribution in [-0.2, 0) is 6.18 Å². The molecule has 5 rings (SSSR count). The Balaban J connectivity index is 1.80. The lowest BCUT2D eigenvalue weighted by molar-refractivity contribution is -0.137. The summed E-state index contributed by atoms with van der Waals surface area (Å²) in [6, 6.07) is 32.0. The van der Waals surface area contributed by atoms with Gasteiger partial charge in [-0.3, -0.25) is 0 Å². The molecule has 0 amide bonds. The van der Waals surface area contributed by atoms with Crippen LogP contribution in [0.5, 0.6) is 5.88 Å². The van der Waals surface area contributed by atoms with Crippen molar-refractivity contribution in [2.75, 3.05) is 27.7 Å². The third-order valence-corrected chi connectivity index (χ3v) is 7.60. The first-order valence-electron chi connectivity index (χ1n) is 13.6. The fourth-order valence-corrected chi connectivity index (χ4v) is 5.66. The molecule has 0 aliphatic rings. The van der Waals surface area contributed by atoms with Crippen LogP contribution in [0.2, 0.25) is 0 Å². The number of rotatable bonds is 9. The van der Waals surface area contributed by atoms with E-state index < -0.39 is 17.7 Å². The van der Waals surface area contributed by atoms with E-state index in [4.69, 9.17) is 4.74 Å². The van der Waals surface area contributed by atoms with Crippen LogP contribution >= 0.6 is 0 Å². The number of pyridine rings is 1. The minimum atomic E-state index is -4.46. The predicted molar refractivity (Wildman–Crippen MR) is 159 cm³/mol. The van der Waals surface area contributed by atoms with Gasteiger partial charge in [-0.05, 0) is 72.6 Å². The Morgan fingerprint density at radius 1 is 0.780 bits per heavy atom. The first-order chi connectivity index (χ1) is 19.8. The van der Waals surface area contributed by atoms with Crippen LogP contribution in [0, 0.1) is 0 Å². The molecule has 0 aliphatic carbocycles. The molecule has 0 radical (unpaired) electrons. The Kier molecular flexibility index (Phi) is 8.41. The molecular formula is C35H33F3N2O. The van der Waals surface area contributed by atoms with Gasteiger partial charge in [-0.1, -0.05) is 91.0 Å². The molecule has 1 aromatic heterocycles. The second-order valence-corrected chi connectivity index (χ2v) is 10.6. The fourth-order valence-electron chi connectivity index (χ4n) is 5.66. The van der Waals surface area contributed by atoms with Crippen molar-refractivity contribution in [3.8, 4) is 17.0 Å². The standard InChI is InChI=1S/C35H33F3N2O/c1-40(2)20-19-31(30-18-10-14-25-13-7-8-17-29(25)30)33(26-15-9-16-28(21-26)35(36,37)38)32-22-27(23-39-34(32)41-3)24-11-5-4-6-12-24/h4-18,21-23,31,33H,19-20H2,1-3H3. The topological polar surface area (TPSA) is 25.4 Å². The van der Waals surface area contributed by atoms with Gasteiger partial charge in [0.05, 0.1) is 12.7 Å². The van der Waals surface area contributed by atoms with Gasteiger partial charge in [-0.15, -0.1) is 0 Å². The van der Waals surface area contributed by atoms with Crippen molar-refractivity contribution < 1.29 is 17.9 Å². The molecule has 2 atom stereocenters. The maximum Gasteiger partial charge on any atom is 0.416 e. The highest BCUT2D eigenvalue weighted by atomic mass is 19.4. The van der Waals surface area contributed by atoms with Gasteiger partial charge in [-0.25, -0.2) is 4.98 Å². The zero-order valence-corrected chi connectivity index (χ0v) is 23.4. The summed E-state index contributed by atoms with van der Waals surface area (Å²) in [6.07, 6.45) is -2.00. The van der Waals surface area contributed by atoms with Crippen molar-refractivity contribution in [3.63, 3.8) is 0 Å². The number of halogens is 3. The highest BCUT2D eigenvalue weighted by Crippen LogP contribution is 2.47. The molecule has 0 saturated heterocycles. The molecule has 1 heterocycles. The van der Waals surface area contributed by atoms with Crippen LogP contribution in [0.15, 0.2) is 109 Å². The summed E-state index contributed by atoms with van der Waals surface area (Å²) < 4.78 is 47.8. The van der Waals surface area contributed by atoms with Crippen molar-refractivity contribution in [2.24, 2.45) is 0 Å². The molecular weight excluding hydrogens is 521 g/mol. The molecule has 0 aliphatic heterocycles. The van der Waals surface area contributed by atoms with Crippen LogP contribution in [0.1, 0.15) is 40.5 Å². The quantitative estimate of drug-likeness (QED) is 0.182. The van der Waals surface area contributed by atoms with Crippen LogP contribution < -0.4 is 4.74 Å². The van der Waals surface area contributed by atoms with Crippen LogP contribution in [0.4, 0.5) is 13.2 Å². The van der Waals surface area contributed by atoms with Gasteiger partial charge in [0.25, 0.3) is 0 Å². The van der Waals surface area contributed by atoms with Crippen molar-refractivity contribution in [3.05, 3.63) is 132 Å². The molecule has 5 aromatic rings. The molecule has 210 valence electrons. The highest BCUT2D eigenvalue weighted by molar-refractivity contribution is 5.86. The Labute approximate surface area is 239 Å². The zero-order valence-electron chi connectivity index (χ0n) is 23.4. The fraction of sp³-hybridized carbons (Fsp3) is 0.229. The Hall–Kier alpha value is -4.16. The van der Waals surface area contributed by atoms with Crippen LogP contribution in [-0.4, -0.2) is 37.6 Å². The van der Waals surface area contributed by atoms with E-state index in [0.717, 1.165) is 45.6 Å². The summed E-state index contributed by atoms with van der Waals surface area (Å²) in [4.78, 5) is 6.78. The summed E-state index contributed by atoms with van der Waals surface area (Å²) in [7, 11) is 5.58. The number of alkyl halides is 3. The number of benzene rings is 4. The normalized spacial score (nSPS) is 13.3. The van der Waals surface area contributed by atoms with E-state index in [1.54, 1.807) is 19.4 Å². The van der Waals surface area contributed by atoms with E-state index in [1.165, 1.54) is 12.1 Å². The summed E-state index contributed by atoms with van der Waals surface area (Å²) in [5, 5.41) is 2.17. The van der Waals surface area contributed by atoms with E-state index in [0.29, 0.717) is 17.9 Å². The third kappa shape index (κ3) is 6.28. The molecule has 41 heavy (non-hydrogen) atoms. The van der Waals surface area contributed by atoms with Gasteiger partial charge in [0.15, 0.2) is 0 Å². The van der Waals surface area contributed by atoms with E-state index in [-0.39, 0.29) is 5.92 Å². The molecule has 0 spiro atoms. The number of ether oxygens (including phenoxy) is 1. The summed E-state index contributed by atoms with van der Waals surface area (Å²) in [5.74, 6) is -0.231. The van der Waals surface area contributed by atoms with Gasteiger partial charge in [0.2, 0.25) is 5.88 Å². The van der Waals surface area contributed by atoms with E-state index in [2.05, 4.69) is 34.1 Å². The second kappa shape index (κ2) is 12.1. The number of hydrogen-bond acceptors (Lipinski definition) is 3. The molecule has 0 saturated carbocycles. The van der Waals surface area contributed by atoms with E-state index >= 15 is 0 Å². The average Bonchev–Trinajstić information content (AvgIpc) is 2.99. The molecule has 0 fully saturated rings. The lowest BCUT2D eigenvalue weighted by Crippen LogP contribution is -2.22. The maximum absolute atomic E-state index is 14.0. The summed E-state index contributed by atoms with van der Waals surface area (Å²) in [6.45, 7) is 0.747. The van der Waals surface area contributed by atoms with Gasteiger partial charge in [0.1, 0.15) is 0 Å². The highest BCUT2D eigenvalue weighted by Gasteiger charge is 2.35. The summed E-state index contributed by atoms with van der Waals surface area (Å²) >= 11 is 0. The van der Waals surface area contributed by atoms with Crippen molar-refractivity contribution in [1.82, 2.24) is 9.88 Å². The number of nitrogens with zero attached hydrogens (tertiary/aromatic N) is 2. The number of aromatic nitrogens is 1. The van der Waals surface area contributed by atoms with Crippen LogP contribution in [0.25, 0.3) is 21.9 Å². The number of methoxy groups -OCH3 is 1. The largest absolute Gasteiger partial charge is 0.481 e. The Morgan fingerprint density at radius 2 is 1.49 bits per heavy atom. The van der Waals surface area contributed by atoms with Crippen molar-refractivity contribution in [2.45, 2.75) is 24.4 Å². The third-order valence-electron chi connectivity index (χ3n) is 7.60. The van der Waals surface area contributed by atoms with Gasteiger partial charge in [0, 0.05) is 23.2 Å². The number of hydrogen-bond donors (Lipinski definition) is 0. The smallest absolute Gasteiger partial charge is 0.416 e. The monoisotopic (exact) mass is 554 g/mol. The van der Waals surface area contributed by atoms with E-state index in [1.807, 2.05) is 68.7 Å². The second-order valence-electron chi connectivity index (χ2n) is 10.6. The van der Waals surface area contributed by atoms with Gasteiger partial charge in [-0.2, -0.15) is 13.2 Å². The lowest BCUT2D eigenvalue weighted by atomic mass is 9.74. The summed E-state index contributed by atoms with van der Waals surface area (Å²) in [5.41, 5.74) is 3.59. The molecule has 2 unspecified atom stereocenters. The Bertz CT molecular complexity index is 1610. The first kappa shape index (κ1) is 28.4. The predicted octanol–water partition coefficient (Wildman–Crippen LogP) is 8.80. The van der Waals surface area contributed by atoms with Crippen LogP contribution in [0.3, 0.4) is 0 Å². The molecule has 6 heteroatoms. The molecule has 3 nitrogen and oxygen atoms in total. The molecule has 0 N–H and O–H groups in total.